The minimum absolute atomic E-state index is 0.0375. The van der Waals surface area contributed by atoms with E-state index in [9.17, 15) is 4.79 Å². The van der Waals surface area contributed by atoms with Gasteiger partial charge in [-0.05, 0) is 32.8 Å². The zero-order valence-corrected chi connectivity index (χ0v) is 10.8. The third-order valence-electron chi connectivity index (χ3n) is 2.08. The maximum atomic E-state index is 11.3. The van der Waals surface area contributed by atoms with Crippen LogP contribution >= 0.6 is 0 Å². The van der Waals surface area contributed by atoms with Gasteiger partial charge in [-0.2, -0.15) is 0 Å². The number of allylic oxidation sites excluding steroid dienone is 4. The molecular weight excluding hydrogens is 198 g/mol. The van der Waals surface area contributed by atoms with Crippen LogP contribution in [0.15, 0.2) is 41.1 Å². The van der Waals surface area contributed by atoms with Crippen LogP contribution in [0.25, 0.3) is 0 Å². The van der Waals surface area contributed by atoms with Crippen LogP contribution in [0.5, 0.6) is 0 Å². The molecule has 0 aromatic heterocycles. The van der Waals surface area contributed by atoms with Crippen LogP contribution in [-0.2, 0) is 4.79 Å². The average Bonchev–Trinajstić information content (AvgIpc) is 2.15. The van der Waals surface area contributed by atoms with Crippen LogP contribution < -0.4 is 0 Å². The van der Waals surface area contributed by atoms with Crippen molar-refractivity contribution >= 4 is 11.5 Å². The first-order chi connectivity index (χ1) is 7.36. The van der Waals surface area contributed by atoms with Gasteiger partial charge in [0.25, 0.3) is 0 Å². The lowest BCUT2D eigenvalue weighted by molar-refractivity contribution is -0.111. The molecular formula is C14H21NO. The summed E-state index contributed by atoms with van der Waals surface area (Å²) in [5.74, 6) is -0.0375. The quantitative estimate of drug-likeness (QED) is 0.493. The monoisotopic (exact) mass is 219 g/mol. The number of hydrogen-bond acceptors (Lipinski definition) is 2. The van der Waals surface area contributed by atoms with E-state index in [0.29, 0.717) is 11.4 Å². The van der Waals surface area contributed by atoms with Crippen molar-refractivity contribution in [2.45, 2.75) is 40.5 Å². The van der Waals surface area contributed by atoms with Crippen molar-refractivity contribution in [1.29, 1.82) is 0 Å². The van der Waals surface area contributed by atoms with E-state index in [1.54, 1.807) is 6.92 Å². The van der Waals surface area contributed by atoms with E-state index in [0.717, 1.165) is 24.0 Å². The Bertz CT molecular complexity index is 359. The van der Waals surface area contributed by atoms with Crippen molar-refractivity contribution in [1.82, 2.24) is 0 Å². The first-order valence-electron chi connectivity index (χ1n) is 5.45. The number of aliphatic imine (C=N–C) groups is 1. The first-order valence-corrected chi connectivity index (χ1v) is 5.45. The van der Waals surface area contributed by atoms with Gasteiger partial charge in [-0.3, -0.25) is 9.79 Å². The molecule has 0 aliphatic carbocycles. The van der Waals surface area contributed by atoms with Crippen LogP contribution in [0, 0.1) is 0 Å². The van der Waals surface area contributed by atoms with Crippen molar-refractivity contribution in [2.75, 3.05) is 0 Å². The standard InChI is InChI=1S/C14H21NO/c1-7-11(4)8-12(5)9-14(13(6)16)15-10(2)3/h9H,2,4,7-8H2,1,3,5-6H3/b12-9+,15-14?. The maximum Gasteiger partial charge on any atom is 0.178 e. The predicted molar refractivity (Wildman–Crippen MR) is 70.7 cm³/mol. The van der Waals surface area contributed by atoms with Gasteiger partial charge < -0.3 is 0 Å². The fourth-order valence-corrected chi connectivity index (χ4v) is 1.22. The molecule has 0 N–H and O–H groups in total. The molecule has 0 saturated heterocycles. The van der Waals surface area contributed by atoms with E-state index >= 15 is 0 Å². The van der Waals surface area contributed by atoms with Crippen LogP contribution in [0.4, 0.5) is 0 Å². The summed E-state index contributed by atoms with van der Waals surface area (Å²) >= 11 is 0. The van der Waals surface area contributed by atoms with Crippen LogP contribution in [-0.4, -0.2) is 11.5 Å². The maximum absolute atomic E-state index is 11.3. The van der Waals surface area contributed by atoms with Crippen molar-refractivity contribution in [3.63, 3.8) is 0 Å². The summed E-state index contributed by atoms with van der Waals surface area (Å²) in [6.07, 6.45) is 3.59. The molecule has 2 nitrogen and oxygen atoms in total. The van der Waals surface area contributed by atoms with Gasteiger partial charge in [0.2, 0.25) is 0 Å². The smallest absolute Gasteiger partial charge is 0.178 e. The van der Waals surface area contributed by atoms with Gasteiger partial charge in [0.1, 0.15) is 5.71 Å². The van der Waals surface area contributed by atoms with Gasteiger partial charge >= 0.3 is 0 Å². The lowest BCUT2D eigenvalue weighted by Crippen LogP contribution is -2.07. The molecule has 0 aliphatic rings. The molecule has 0 atom stereocenters. The molecule has 0 aromatic carbocycles. The van der Waals surface area contributed by atoms with Gasteiger partial charge in [0.15, 0.2) is 5.78 Å². The molecule has 0 bridgehead atoms. The highest BCUT2D eigenvalue weighted by atomic mass is 16.1. The minimum Gasteiger partial charge on any atom is -0.293 e. The van der Waals surface area contributed by atoms with Gasteiger partial charge in [-0.1, -0.05) is 31.2 Å². The summed E-state index contributed by atoms with van der Waals surface area (Å²) in [5, 5.41) is 0. The number of carbonyl (C=O) groups is 1. The Labute approximate surface area is 98.5 Å². The Morgan fingerprint density at radius 1 is 1.25 bits per heavy atom. The minimum atomic E-state index is -0.0375. The third-order valence-corrected chi connectivity index (χ3v) is 2.08. The van der Waals surface area contributed by atoms with Crippen LogP contribution in [0.1, 0.15) is 40.5 Å². The van der Waals surface area contributed by atoms with Gasteiger partial charge in [0, 0.05) is 12.6 Å². The highest BCUT2D eigenvalue weighted by molar-refractivity contribution is 6.43. The van der Waals surface area contributed by atoms with Crippen molar-refractivity contribution in [2.24, 2.45) is 4.99 Å². The summed E-state index contributed by atoms with van der Waals surface area (Å²) in [6, 6.07) is 0. The lowest BCUT2D eigenvalue weighted by Gasteiger charge is -2.03. The number of carbonyl (C=O) groups excluding carboxylic acids is 1. The summed E-state index contributed by atoms with van der Waals surface area (Å²) in [6.45, 7) is 15.0. The molecule has 16 heavy (non-hydrogen) atoms. The normalized spacial score (nSPS) is 12.5. The van der Waals surface area contributed by atoms with E-state index in [1.807, 2.05) is 13.0 Å². The van der Waals surface area contributed by atoms with E-state index < -0.39 is 0 Å². The Morgan fingerprint density at radius 2 is 1.81 bits per heavy atom. The summed E-state index contributed by atoms with van der Waals surface area (Å²) in [5.41, 5.74) is 3.37. The van der Waals surface area contributed by atoms with Crippen LogP contribution in [0.2, 0.25) is 0 Å². The largest absolute Gasteiger partial charge is 0.293 e. The van der Waals surface area contributed by atoms with E-state index in [-0.39, 0.29) is 5.78 Å². The van der Waals surface area contributed by atoms with Crippen molar-refractivity contribution < 1.29 is 4.79 Å². The Hall–Kier alpha value is -1.44. The molecule has 0 amide bonds. The lowest BCUT2D eigenvalue weighted by atomic mass is 10.0. The summed E-state index contributed by atoms with van der Waals surface area (Å²) in [7, 11) is 0. The highest BCUT2D eigenvalue weighted by Gasteiger charge is 2.03. The summed E-state index contributed by atoms with van der Waals surface area (Å²) in [4.78, 5) is 15.4. The third kappa shape index (κ3) is 6.12. The number of rotatable bonds is 6. The molecule has 0 spiro atoms. The number of nitrogens with zero attached hydrogens (tertiary/aromatic N) is 1. The van der Waals surface area contributed by atoms with Crippen molar-refractivity contribution in [3.05, 3.63) is 36.1 Å². The molecule has 0 fully saturated rings. The van der Waals surface area contributed by atoms with Crippen molar-refractivity contribution in [3.8, 4) is 0 Å². The second-order valence-electron chi connectivity index (χ2n) is 4.06. The predicted octanol–water partition coefficient (Wildman–Crippen LogP) is 3.85. The molecule has 0 aromatic rings. The summed E-state index contributed by atoms with van der Waals surface area (Å²) < 4.78 is 0. The number of hydrogen-bond donors (Lipinski definition) is 0. The molecule has 0 radical (unpaired) electrons. The zero-order chi connectivity index (χ0) is 12.7. The molecule has 2 heteroatoms. The molecule has 0 saturated carbocycles. The molecule has 0 heterocycles. The number of Topliss-reactive ketones (excluding diaryl/α,β-unsaturated/α-hetero) is 1. The molecule has 0 aliphatic heterocycles. The fourth-order valence-electron chi connectivity index (χ4n) is 1.22. The fraction of sp³-hybridized carbons (Fsp3) is 0.429. The molecule has 0 unspecified atom stereocenters. The second-order valence-corrected chi connectivity index (χ2v) is 4.06. The van der Waals surface area contributed by atoms with E-state index in [4.69, 9.17) is 0 Å². The number of ketones is 1. The Morgan fingerprint density at radius 3 is 2.19 bits per heavy atom. The zero-order valence-electron chi connectivity index (χ0n) is 10.8. The SMILES string of the molecule is C=C(CC)C/C(C)=C/C(=NC(=C)C)C(C)=O. The Kier molecular flexibility index (Phi) is 6.31. The highest BCUT2D eigenvalue weighted by Crippen LogP contribution is 2.12. The average molecular weight is 219 g/mol. The topological polar surface area (TPSA) is 29.4 Å². The molecule has 88 valence electrons. The second kappa shape index (κ2) is 6.94. The van der Waals surface area contributed by atoms with Crippen LogP contribution in [0.3, 0.4) is 0 Å². The van der Waals surface area contributed by atoms with Gasteiger partial charge in [-0.25, -0.2) is 0 Å². The van der Waals surface area contributed by atoms with Gasteiger partial charge in [0.05, 0.1) is 0 Å². The van der Waals surface area contributed by atoms with Gasteiger partial charge in [-0.15, -0.1) is 0 Å². The molecule has 0 rings (SSSR count). The first kappa shape index (κ1) is 14.6. The Balaban J connectivity index is 4.86. The van der Waals surface area contributed by atoms with E-state index in [1.165, 1.54) is 6.92 Å². The van der Waals surface area contributed by atoms with E-state index in [2.05, 4.69) is 25.1 Å².